The first-order valence-electron chi connectivity index (χ1n) is 3.97. The van der Waals surface area contributed by atoms with Crippen molar-refractivity contribution in [2.75, 3.05) is 20.1 Å². The summed E-state index contributed by atoms with van der Waals surface area (Å²) in [5, 5.41) is 6.60. The van der Waals surface area contributed by atoms with E-state index in [2.05, 4.69) is 17.6 Å². The highest BCUT2D eigenvalue weighted by atomic mass is 14.9. The molecule has 0 aromatic rings. The van der Waals surface area contributed by atoms with Gasteiger partial charge in [0.1, 0.15) is 0 Å². The zero-order valence-corrected chi connectivity index (χ0v) is 6.83. The molecule has 0 spiro atoms. The van der Waals surface area contributed by atoms with Crippen molar-refractivity contribution in [3.8, 4) is 0 Å². The Kier molecular flexibility index (Phi) is 2.75. The Hall–Kier alpha value is -0.500. The third-order valence-electron chi connectivity index (χ3n) is 2.05. The molecule has 0 saturated carbocycles. The molecular formula is C8H16N2. The third kappa shape index (κ3) is 1.51. The van der Waals surface area contributed by atoms with Gasteiger partial charge >= 0.3 is 0 Å². The molecule has 0 radical (unpaired) electrons. The summed E-state index contributed by atoms with van der Waals surface area (Å²) in [5.74, 6) is 0. The number of rotatable bonds is 2. The number of hydrogen-bond donors (Lipinski definition) is 2. The molecule has 0 unspecified atom stereocenters. The van der Waals surface area contributed by atoms with Crippen molar-refractivity contribution < 1.29 is 0 Å². The standard InChI is InChI=1S/C8H16N2/c1-3-7-6-10-5-4-8(7)9-2/h9-10H,3-6H2,1-2H3. The monoisotopic (exact) mass is 140 g/mol. The van der Waals surface area contributed by atoms with E-state index in [1.54, 1.807) is 0 Å². The molecule has 0 fully saturated rings. The molecule has 0 amide bonds. The summed E-state index contributed by atoms with van der Waals surface area (Å²) in [4.78, 5) is 0. The Morgan fingerprint density at radius 1 is 1.60 bits per heavy atom. The highest BCUT2D eigenvalue weighted by Gasteiger charge is 2.07. The van der Waals surface area contributed by atoms with Gasteiger partial charge in [0, 0.05) is 25.8 Å². The topological polar surface area (TPSA) is 24.1 Å². The average molecular weight is 140 g/mol. The lowest BCUT2D eigenvalue weighted by atomic mass is 10.1. The first kappa shape index (κ1) is 7.61. The van der Waals surface area contributed by atoms with Gasteiger partial charge in [0.15, 0.2) is 0 Å². The van der Waals surface area contributed by atoms with Gasteiger partial charge in [0.05, 0.1) is 0 Å². The molecule has 0 aromatic carbocycles. The second kappa shape index (κ2) is 3.62. The van der Waals surface area contributed by atoms with Crippen molar-refractivity contribution in [2.24, 2.45) is 0 Å². The zero-order valence-electron chi connectivity index (χ0n) is 6.83. The summed E-state index contributed by atoms with van der Waals surface area (Å²) in [6.07, 6.45) is 2.34. The number of nitrogens with one attached hydrogen (secondary N) is 2. The molecule has 1 rings (SSSR count). The van der Waals surface area contributed by atoms with Crippen molar-refractivity contribution in [3.05, 3.63) is 11.3 Å². The van der Waals surface area contributed by atoms with Crippen LogP contribution in [0.5, 0.6) is 0 Å². The van der Waals surface area contributed by atoms with Crippen LogP contribution >= 0.6 is 0 Å². The van der Waals surface area contributed by atoms with Crippen LogP contribution in [0.3, 0.4) is 0 Å². The highest BCUT2D eigenvalue weighted by Crippen LogP contribution is 2.11. The first-order chi connectivity index (χ1) is 4.88. The predicted octanol–water partition coefficient (Wildman–Crippen LogP) is 0.863. The van der Waals surface area contributed by atoms with Gasteiger partial charge in [-0.05, 0) is 18.4 Å². The van der Waals surface area contributed by atoms with Crippen LogP contribution in [0, 0.1) is 0 Å². The molecule has 0 aliphatic carbocycles. The molecule has 0 aromatic heterocycles. The lowest BCUT2D eigenvalue weighted by Crippen LogP contribution is -2.28. The SMILES string of the molecule is CCC1=C(NC)CCNC1. The predicted molar refractivity (Wildman–Crippen MR) is 43.9 cm³/mol. The summed E-state index contributed by atoms with van der Waals surface area (Å²) in [7, 11) is 2.01. The third-order valence-corrected chi connectivity index (χ3v) is 2.05. The Labute approximate surface area is 62.7 Å². The van der Waals surface area contributed by atoms with Crippen molar-refractivity contribution in [1.29, 1.82) is 0 Å². The van der Waals surface area contributed by atoms with Crippen LogP contribution in [0.1, 0.15) is 19.8 Å². The minimum atomic E-state index is 1.08. The van der Waals surface area contributed by atoms with E-state index in [4.69, 9.17) is 0 Å². The fourth-order valence-corrected chi connectivity index (χ4v) is 1.38. The maximum Gasteiger partial charge on any atom is 0.0184 e. The Balaban J connectivity index is 2.63. The molecule has 0 atom stereocenters. The summed E-state index contributed by atoms with van der Waals surface area (Å²) >= 11 is 0. The van der Waals surface area contributed by atoms with Crippen molar-refractivity contribution in [3.63, 3.8) is 0 Å². The van der Waals surface area contributed by atoms with Gasteiger partial charge in [0.2, 0.25) is 0 Å². The summed E-state index contributed by atoms with van der Waals surface area (Å²) < 4.78 is 0. The molecule has 2 N–H and O–H groups in total. The number of hydrogen-bond acceptors (Lipinski definition) is 2. The molecule has 58 valence electrons. The van der Waals surface area contributed by atoms with E-state index in [0.717, 1.165) is 13.1 Å². The smallest absolute Gasteiger partial charge is 0.0184 e. The van der Waals surface area contributed by atoms with Crippen molar-refractivity contribution in [2.45, 2.75) is 19.8 Å². The minimum absolute atomic E-state index is 1.08. The molecule has 0 saturated heterocycles. The summed E-state index contributed by atoms with van der Waals surface area (Å²) in [5.41, 5.74) is 2.98. The maximum atomic E-state index is 3.35. The minimum Gasteiger partial charge on any atom is -0.391 e. The van der Waals surface area contributed by atoms with Crippen LogP contribution in [0.15, 0.2) is 11.3 Å². The lowest BCUT2D eigenvalue weighted by molar-refractivity contribution is 0.632. The second-order valence-electron chi connectivity index (χ2n) is 2.61. The molecule has 2 heteroatoms. The van der Waals surface area contributed by atoms with E-state index in [9.17, 15) is 0 Å². The van der Waals surface area contributed by atoms with Crippen LogP contribution in [0.4, 0.5) is 0 Å². The molecule has 2 nitrogen and oxygen atoms in total. The zero-order chi connectivity index (χ0) is 7.40. The van der Waals surface area contributed by atoms with Crippen LogP contribution in [0.2, 0.25) is 0 Å². The van der Waals surface area contributed by atoms with Gasteiger partial charge in [-0.1, -0.05) is 6.92 Å². The highest BCUT2D eigenvalue weighted by molar-refractivity contribution is 5.16. The normalized spacial score (nSPS) is 19.4. The van der Waals surface area contributed by atoms with Crippen molar-refractivity contribution in [1.82, 2.24) is 10.6 Å². The quantitative estimate of drug-likeness (QED) is 0.594. The Morgan fingerprint density at radius 2 is 2.40 bits per heavy atom. The van der Waals surface area contributed by atoms with Gasteiger partial charge in [-0.2, -0.15) is 0 Å². The lowest BCUT2D eigenvalue weighted by Gasteiger charge is -2.19. The van der Waals surface area contributed by atoms with Gasteiger partial charge in [-0.15, -0.1) is 0 Å². The average Bonchev–Trinajstić information content (AvgIpc) is 2.04. The van der Waals surface area contributed by atoms with Crippen LogP contribution in [-0.4, -0.2) is 20.1 Å². The van der Waals surface area contributed by atoms with E-state index < -0.39 is 0 Å². The van der Waals surface area contributed by atoms with Crippen LogP contribution in [0.25, 0.3) is 0 Å². The fourth-order valence-electron chi connectivity index (χ4n) is 1.38. The fraction of sp³-hybridized carbons (Fsp3) is 0.750. The van der Waals surface area contributed by atoms with E-state index in [-0.39, 0.29) is 0 Å². The van der Waals surface area contributed by atoms with E-state index in [0.29, 0.717) is 0 Å². The molecule has 0 bridgehead atoms. The second-order valence-corrected chi connectivity index (χ2v) is 2.61. The first-order valence-corrected chi connectivity index (χ1v) is 3.97. The van der Waals surface area contributed by atoms with E-state index >= 15 is 0 Å². The van der Waals surface area contributed by atoms with Gasteiger partial charge < -0.3 is 10.6 Å². The van der Waals surface area contributed by atoms with Gasteiger partial charge in [0.25, 0.3) is 0 Å². The molecule has 1 aliphatic heterocycles. The molecule has 1 aliphatic rings. The van der Waals surface area contributed by atoms with Crippen molar-refractivity contribution >= 4 is 0 Å². The van der Waals surface area contributed by atoms with Crippen LogP contribution in [-0.2, 0) is 0 Å². The van der Waals surface area contributed by atoms with E-state index in [1.165, 1.54) is 24.1 Å². The molecule has 1 heterocycles. The van der Waals surface area contributed by atoms with Crippen LogP contribution < -0.4 is 10.6 Å². The Bertz CT molecular complexity index is 122. The Morgan fingerprint density at radius 3 is 2.90 bits per heavy atom. The molecular weight excluding hydrogens is 124 g/mol. The maximum absolute atomic E-state index is 3.35. The van der Waals surface area contributed by atoms with Gasteiger partial charge in [-0.25, -0.2) is 0 Å². The summed E-state index contributed by atoms with van der Waals surface area (Å²) in [6.45, 7) is 4.41. The van der Waals surface area contributed by atoms with Gasteiger partial charge in [-0.3, -0.25) is 0 Å². The summed E-state index contributed by atoms with van der Waals surface area (Å²) in [6, 6.07) is 0. The van der Waals surface area contributed by atoms with E-state index in [1.807, 2.05) is 7.05 Å². The molecule has 10 heavy (non-hydrogen) atoms. The largest absolute Gasteiger partial charge is 0.391 e.